The average molecular weight is 276 g/mol. The summed E-state index contributed by atoms with van der Waals surface area (Å²) in [7, 11) is 0. The fourth-order valence-electron chi connectivity index (χ4n) is 2.21. The van der Waals surface area contributed by atoms with Gasteiger partial charge < -0.3 is 4.98 Å². The Labute approximate surface area is 115 Å². The molecule has 1 aliphatic rings. The minimum atomic E-state index is -0.136. The maximum atomic E-state index is 11.9. The standard InChI is InChI=1S/C13H16N4OS/c1-2-17-7-5-9-11(8-17)19-13(15-9)16-12(18)10-4-3-6-14-10/h3-4,6,14H,2,5,7-8H2,1H3,(H,15,16,18). The van der Waals surface area contributed by atoms with Gasteiger partial charge in [0.15, 0.2) is 5.13 Å². The number of rotatable bonds is 3. The maximum Gasteiger partial charge on any atom is 0.273 e. The maximum absolute atomic E-state index is 11.9. The van der Waals surface area contributed by atoms with Crippen molar-refractivity contribution in [3.8, 4) is 0 Å². The second-order valence-electron chi connectivity index (χ2n) is 4.55. The van der Waals surface area contributed by atoms with Crippen molar-refractivity contribution >= 4 is 22.4 Å². The summed E-state index contributed by atoms with van der Waals surface area (Å²) in [6.45, 7) is 5.22. The summed E-state index contributed by atoms with van der Waals surface area (Å²) >= 11 is 1.58. The predicted molar refractivity (Wildman–Crippen MR) is 75.5 cm³/mol. The Bertz CT molecular complexity index is 575. The van der Waals surface area contributed by atoms with E-state index >= 15 is 0 Å². The monoisotopic (exact) mass is 276 g/mol. The molecule has 6 heteroatoms. The lowest BCUT2D eigenvalue weighted by atomic mass is 10.2. The molecule has 0 saturated carbocycles. The topological polar surface area (TPSA) is 61.0 Å². The lowest BCUT2D eigenvalue weighted by Gasteiger charge is -2.23. The van der Waals surface area contributed by atoms with Crippen LogP contribution in [0.15, 0.2) is 18.3 Å². The van der Waals surface area contributed by atoms with Gasteiger partial charge in [-0.3, -0.25) is 15.0 Å². The molecule has 3 heterocycles. The van der Waals surface area contributed by atoms with Crippen LogP contribution in [0.5, 0.6) is 0 Å². The molecule has 0 radical (unpaired) electrons. The molecular weight excluding hydrogens is 260 g/mol. The van der Waals surface area contributed by atoms with Gasteiger partial charge in [0.1, 0.15) is 5.69 Å². The summed E-state index contributed by atoms with van der Waals surface area (Å²) in [6.07, 6.45) is 2.71. The molecule has 1 aliphatic heterocycles. The molecule has 0 fully saturated rings. The van der Waals surface area contributed by atoms with Crippen LogP contribution in [-0.4, -0.2) is 33.9 Å². The Morgan fingerprint density at radius 3 is 3.26 bits per heavy atom. The Morgan fingerprint density at radius 2 is 2.53 bits per heavy atom. The summed E-state index contributed by atoms with van der Waals surface area (Å²) in [5, 5.41) is 3.55. The molecule has 2 N–H and O–H groups in total. The molecule has 0 bridgehead atoms. The highest BCUT2D eigenvalue weighted by Gasteiger charge is 2.20. The molecule has 5 nitrogen and oxygen atoms in total. The van der Waals surface area contributed by atoms with Crippen LogP contribution in [-0.2, 0) is 13.0 Å². The summed E-state index contributed by atoms with van der Waals surface area (Å²) in [4.78, 5) is 23.0. The molecular formula is C13H16N4OS. The van der Waals surface area contributed by atoms with Crippen molar-refractivity contribution in [3.05, 3.63) is 34.6 Å². The largest absolute Gasteiger partial charge is 0.357 e. The van der Waals surface area contributed by atoms with Crippen LogP contribution in [0.25, 0.3) is 0 Å². The summed E-state index contributed by atoms with van der Waals surface area (Å²) < 4.78 is 0. The van der Waals surface area contributed by atoms with Gasteiger partial charge in [0, 0.05) is 30.6 Å². The van der Waals surface area contributed by atoms with Gasteiger partial charge >= 0.3 is 0 Å². The van der Waals surface area contributed by atoms with Gasteiger partial charge in [-0.1, -0.05) is 6.92 Å². The molecule has 0 atom stereocenters. The van der Waals surface area contributed by atoms with E-state index < -0.39 is 0 Å². The third-order valence-corrected chi connectivity index (χ3v) is 4.32. The molecule has 1 amide bonds. The molecule has 19 heavy (non-hydrogen) atoms. The van der Waals surface area contributed by atoms with Crippen LogP contribution in [0.3, 0.4) is 0 Å². The van der Waals surface area contributed by atoms with E-state index in [1.165, 1.54) is 4.88 Å². The van der Waals surface area contributed by atoms with Gasteiger partial charge in [0.2, 0.25) is 0 Å². The first-order valence-electron chi connectivity index (χ1n) is 6.42. The molecule has 0 aromatic carbocycles. The minimum absolute atomic E-state index is 0.136. The number of aromatic nitrogens is 2. The number of thiazole rings is 1. The molecule has 0 saturated heterocycles. The van der Waals surface area contributed by atoms with Crippen LogP contribution in [0.2, 0.25) is 0 Å². The summed E-state index contributed by atoms with van der Waals surface area (Å²) in [5.74, 6) is -0.136. The van der Waals surface area contributed by atoms with Gasteiger partial charge in [-0.25, -0.2) is 4.98 Å². The van der Waals surface area contributed by atoms with Crippen molar-refractivity contribution in [2.75, 3.05) is 18.4 Å². The van der Waals surface area contributed by atoms with E-state index in [-0.39, 0.29) is 5.91 Å². The molecule has 2 aromatic rings. The molecule has 100 valence electrons. The fourth-order valence-corrected chi connectivity index (χ4v) is 3.25. The lowest BCUT2D eigenvalue weighted by molar-refractivity contribution is 0.102. The number of anilines is 1. The van der Waals surface area contributed by atoms with Gasteiger partial charge in [-0.15, -0.1) is 11.3 Å². The van der Waals surface area contributed by atoms with Gasteiger partial charge in [-0.05, 0) is 18.7 Å². The van der Waals surface area contributed by atoms with E-state index in [0.29, 0.717) is 10.8 Å². The molecule has 0 aliphatic carbocycles. The second-order valence-corrected chi connectivity index (χ2v) is 5.63. The van der Waals surface area contributed by atoms with Crippen LogP contribution >= 0.6 is 11.3 Å². The van der Waals surface area contributed by atoms with Crippen molar-refractivity contribution < 1.29 is 4.79 Å². The summed E-state index contributed by atoms with van der Waals surface area (Å²) in [6, 6.07) is 3.56. The number of carbonyl (C=O) groups excluding carboxylic acids is 1. The van der Waals surface area contributed by atoms with Crippen molar-refractivity contribution in [2.24, 2.45) is 0 Å². The Balaban J connectivity index is 1.73. The first-order chi connectivity index (χ1) is 9.26. The van der Waals surface area contributed by atoms with Crippen molar-refractivity contribution in [1.29, 1.82) is 0 Å². The number of H-pyrrole nitrogens is 1. The highest BCUT2D eigenvalue weighted by Crippen LogP contribution is 2.28. The van der Waals surface area contributed by atoms with Gasteiger partial charge in [-0.2, -0.15) is 0 Å². The molecule has 0 unspecified atom stereocenters. The first kappa shape index (κ1) is 12.4. The highest BCUT2D eigenvalue weighted by atomic mass is 32.1. The summed E-state index contributed by atoms with van der Waals surface area (Å²) in [5.41, 5.74) is 1.69. The smallest absolute Gasteiger partial charge is 0.273 e. The number of likely N-dealkylation sites (N-methyl/N-ethyl adjacent to an activating group) is 1. The number of hydrogen-bond acceptors (Lipinski definition) is 4. The number of aromatic amines is 1. The normalized spacial score (nSPS) is 15.2. The number of fused-ring (bicyclic) bond motifs is 1. The third kappa shape index (κ3) is 2.54. The average Bonchev–Trinajstić information content (AvgIpc) is 3.06. The van der Waals surface area contributed by atoms with E-state index in [9.17, 15) is 4.79 Å². The van der Waals surface area contributed by atoms with E-state index in [0.717, 1.165) is 31.7 Å². The van der Waals surface area contributed by atoms with Crippen molar-refractivity contribution in [1.82, 2.24) is 14.9 Å². The zero-order chi connectivity index (χ0) is 13.2. The second kappa shape index (κ2) is 5.14. The van der Waals surface area contributed by atoms with Crippen LogP contribution in [0, 0.1) is 0 Å². The molecule has 0 spiro atoms. The number of carbonyl (C=O) groups is 1. The Hall–Kier alpha value is -1.66. The number of amides is 1. The zero-order valence-corrected chi connectivity index (χ0v) is 11.6. The van der Waals surface area contributed by atoms with Crippen LogP contribution in [0.4, 0.5) is 5.13 Å². The van der Waals surface area contributed by atoms with Crippen molar-refractivity contribution in [2.45, 2.75) is 19.9 Å². The Kier molecular flexibility index (Phi) is 3.35. The van der Waals surface area contributed by atoms with Gasteiger partial charge in [0.25, 0.3) is 5.91 Å². The lowest BCUT2D eigenvalue weighted by Crippen LogP contribution is -2.29. The first-order valence-corrected chi connectivity index (χ1v) is 7.23. The molecule has 2 aromatic heterocycles. The number of nitrogens with zero attached hydrogens (tertiary/aromatic N) is 2. The number of hydrogen-bond donors (Lipinski definition) is 2. The Morgan fingerprint density at radius 1 is 1.63 bits per heavy atom. The number of nitrogens with one attached hydrogen (secondary N) is 2. The van der Waals surface area contributed by atoms with Crippen molar-refractivity contribution in [3.63, 3.8) is 0 Å². The third-order valence-electron chi connectivity index (χ3n) is 3.32. The van der Waals surface area contributed by atoms with E-state index in [4.69, 9.17) is 0 Å². The minimum Gasteiger partial charge on any atom is -0.357 e. The zero-order valence-electron chi connectivity index (χ0n) is 10.8. The highest BCUT2D eigenvalue weighted by molar-refractivity contribution is 7.15. The predicted octanol–water partition coefficient (Wildman–Crippen LogP) is 2.10. The van der Waals surface area contributed by atoms with E-state index in [2.05, 4.69) is 27.1 Å². The molecule has 3 rings (SSSR count). The fraction of sp³-hybridized carbons (Fsp3) is 0.385. The van der Waals surface area contributed by atoms with Gasteiger partial charge in [0.05, 0.1) is 5.69 Å². The van der Waals surface area contributed by atoms with Crippen LogP contribution < -0.4 is 5.32 Å². The van der Waals surface area contributed by atoms with E-state index in [1.807, 2.05) is 0 Å². The van der Waals surface area contributed by atoms with Crippen LogP contribution in [0.1, 0.15) is 28.0 Å². The SMILES string of the molecule is CCN1CCc2nc(NC(=O)c3ccc[nH]3)sc2C1. The quantitative estimate of drug-likeness (QED) is 0.902. The van der Waals surface area contributed by atoms with E-state index in [1.54, 1.807) is 29.7 Å².